The Morgan fingerprint density at radius 1 is 1.37 bits per heavy atom. The van der Waals surface area contributed by atoms with Crippen LogP contribution in [0.4, 0.5) is 4.39 Å². The molecule has 4 heteroatoms. The number of hydrogen-bond donors (Lipinski definition) is 2. The van der Waals surface area contributed by atoms with Gasteiger partial charge in [0.25, 0.3) is 0 Å². The zero-order valence-electron chi connectivity index (χ0n) is 11.8. The van der Waals surface area contributed by atoms with E-state index in [0.29, 0.717) is 6.04 Å². The molecule has 2 N–H and O–H groups in total. The van der Waals surface area contributed by atoms with Gasteiger partial charge in [-0.05, 0) is 38.3 Å². The Bertz CT molecular complexity index is 464. The molecule has 1 aromatic carbocycles. The molecular formula is C15H22FN3. The Kier molecular flexibility index (Phi) is 4.08. The Morgan fingerprint density at radius 2 is 2.05 bits per heavy atom. The molecule has 0 radical (unpaired) electrons. The minimum Gasteiger partial charge on any atom is -0.356 e. The SMILES string of the molecule is CN=C(NCC1(c2ccccc2F)CC1)NC(C)C. The van der Waals surface area contributed by atoms with Gasteiger partial charge >= 0.3 is 0 Å². The van der Waals surface area contributed by atoms with Gasteiger partial charge in [0.15, 0.2) is 5.96 Å². The number of benzene rings is 1. The van der Waals surface area contributed by atoms with Crippen LogP contribution >= 0.6 is 0 Å². The summed E-state index contributed by atoms with van der Waals surface area (Å²) < 4.78 is 13.9. The van der Waals surface area contributed by atoms with Crippen LogP contribution in [0.15, 0.2) is 29.3 Å². The Labute approximate surface area is 114 Å². The smallest absolute Gasteiger partial charge is 0.191 e. The lowest BCUT2D eigenvalue weighted by Gasteiger charge is -2.20. The average molecular weight is 263 g/mol. The van der Waals surface area contributed by atoms with Crippen molar-refractivity contribution in [3.05, 3.63) is 35.6 Å². The van der Waals surface area contributed by atoms with Gasteiger partial charge < -0.3 is 10.6 Å². The number of aliphatic imine (C=N–C) groups is 1. The summed E-state index contributed by atoms with van der Waals surface area (Å²) in [5.41, 5.74) is 0.766. The van der Waals surface area contributed by atoms with Gasteiger partial charge in [-0.2, -0.15) is 0 Å². The zero-order chi connectivity index (χ0) is 13.9. The van der Waals surface area contributed by atoms with Crippen LogP contribution in [-0.2, 0) is 5.41 Å². The van der Waals surface area contributed by atoms with Crippen molar-refractivity contribution in [2.45, 2.75) is 38.1 Å². The summed E-state index contributed by atoms with van der Waals surface area (Å²) in [6, 6.07) is 7.40. The highest BCUT2D eigenvalue weighted by Crippen LogP contribution is 2.48. The van der Waals surface area contributed by atoms with E-state index in [1.807, 2.05) is 12.1 Å². The van der Waals surface area contributed by atoms with Gasteiger partial charge in [-0.25, -0.2) is 4.39 Å². The van der Waals surface area contributed by atoms with Crippen molar-refractivity contribution >= 4 is 5.96 Å². The highest BCUT2D eigenvalue weighted by atomic mass is 19.1. The Hall–Kier alpha value is -1.58. The second-order valence-electron chi connectivity index (χ2n) is 5.48. The zero-order valence-corrected chi connectivity index (χ0v) is 11.8. The molecule has 0 aromatic heterocycles. The monoisotopic (exact) mass is 263 g/mol. The summed E-state index contributed by atoms with van der Waals surface area (Å²) in [6.07, 6.45) is 2.05. The van der Waals surface area contributed by atoms with E-state index >= 15 is 0 Å². The average Bonchev–Trinajstić information content (AvgIpc) is 3.15. The van der Waals surface area contributed by atoms with Gasteiger partial charge in [0.1, 0.15) is 5.82 Å². The molecule has 0 bridgehead atoms. The number of nitrogens with zero attached hydrogens (tertiary/aromatic N) is 1. The standard InChI is InChI=1S/C15H22FN3/c1-11(2)19-14(17-3)18-10-15(8-9-15)12-6-4-5-7-13(12)16/h4-7,11H,8-10H2,1-3H3,(H2,17,18,19). The predicted molar refractivity (Wildman–Crippen MR) is 76.9 cm³/mol. The van der Waals surface area contributed by atoms with E-state index in [2.05, 4.69) is 29.5 Å². The molecule has 104 valence electrons. The van der Waals surface area contributed by atoms with Crippen LogP contribution in [0, 0.1) is 5.82 Å². The second kappa shape index (κ2) is 5.59. The number of nitrogens with one attached hydrogen (secondary N) is 2. The molecule has 0 amide bonds. The number of rotatable bonds is 4. The third-order valence-electron chi connectivity index (χ3n) is 3.54. The third-order valence-corrected chi connectivity index (χ3v) is 3.54. The molecule has 19 heavy (non-hydrogen) atoms. The van der Waals surface area contributed by atoms with Crippen LogP contribution in [0.1, 0.15) is 32.3 Å². The quantitative estimate of drug-likeness (QED) is 0.646. The van der Waals surface area contributed by atoms with Gasteiger partial charge in [0.2, 0.25) is 0 Å². The summed E-state index contributed by atoms with van der Waals surface area (Å²) in [5, 5.41) is 6.54. The van der Waals surface area contributed by atoms with Crippen molar-refractivity contribution in [1.82, 2.24) is 10.6 Å². The summed E-state index contributed by atoms with van der Waals surface area (Å²) in [4.78, 5) is 4.18. The highest BCUT2D eigenvalue weighted by Gasteiger charge is 2.45. The predicted octanol–water partition coefficient (Wildman–Crippen LogP) is 2.43. The fraction of sp³-hybridized carbons (Fsp3) is 0.533. The molecule has 1 fully saturated rings. The molecule has 1 aliphatic carbocycles. The molecule has 0 atom stereocenters. The summed E-state index contributed by atoms with van der Waals surface area (Å²) >= 11 is 0. The van der Waals surface area contributed by atoms with Crippen molar-refractivity contribution in [3.63, 3.8) is 0 Å². The van der Waals surface area contributed by atoms with Gasteiger partial charge in [-0.1, -0.05) is 18.2 Å². The van der Waals surface area contributed by atoms with Crippen LogP contribution in [0.5, 0.6) is 0 Å². The first kappa shape index (κ1) is 13.8. The van der Waals surface area contributed by atoms with Crippen LogP contribution in [0.3, 0.4) is 0 Å². The van der Waals surface area contributed by atoms with Crippen molar-refractivity contribution in [2.75, 3.05) is 13.6 Å². The fourth-order valence-corrected chi connectivity index (χ4v) is 2.30. The van der Waals surface area contributed by atoms with Crippen molar-refractivity contribution < 1.29 is 4.39 Å². The van der Waals surface area contributed by atoms with E-state index in [1.165, 1.54) is 6.07 Å². The Balaban J connectivity index is 2.01. The lowest BCUT2D eigenvalue weighted by molar-refractivity contribution is 0.557. The lowest BCUT2D eigenvalue weighted by atomic mass is 9.95. The summed E-state index contributed by atoms with van der Waals surface area (Å²) in [6.45, 7) is 4.85. The molecule has 1 saturated carbocycles. The first-order valence-corrected chi connectivity index (χ1v) is 6.79. The molecule has 1 aliphatic rings. The van der Waals surface area contributed by atoms with Crippen molar-refractivity contribution in [3.8, 4) is 0 Å². The molecule has 3 nitrogen and oxygen atoms in total. The first-order valence-electron chi connectivity index (χ1n) is 6.79. The molecule has 0 unspecified atom stereocenters. The van der Waals surface area contributed by atoms with E-state index in [9.17, 15) is 4.39 Å². The van der Waals surface area contributed by atoms with Crippen LogP contribution in [0.25, 0.3) is 0 Å². The maximum atomic E-state index is 13.9. The van der Waals surface area contributed by atoms with Gasteiger partial charge in [-0.15, -0.1) is 0 Å². The number of hydrogen-bond acceptors (Lipinski definition) is 1. The number of guanidine groups is 1. The highest BCUT2D eigenvalue weighted by molar-refractivity contribution is 5.80. The molecule has 2 rings (SSSR count). The van der Waals surface area contributed by atoms with Crippen LogP contribution in [0.2, 0.25) is 0 Å². The van der Waals surface area contributed by atoms with Gasteiger partial charge in [0.05, 0.1) is 0 Å². The van der Waals surface area contributed by atoms with Crippen LogP contribution < -0.4 is 10.6 Å². The van der Waals surface area contributed by atoms with Crippen molar-refractivity contribution in [2.24, 2.45) is 4.99 Å². The van der Waals surface area contributed by atoms with E-state index in [1.54, 1.807) is 13.1 Å². The van der Waals surface area contributed by atoms with E-state index in [0.717, 1.165) is 30.9 Å². The van der Waals surface area contributed by atoms with E-state index < -0.39 is 0 Å². The second-order valence-corrected chi connectivity index (χ2v) is 5.48. The minimum atomic E-state index is -0.103. The topological polar surface area (TPSA) is 36.4 Å². The molecule has 1 aromatic rings. The summed E-state index contributed by atoms with van der Waals surface area (Å²) in [5.74, 6) is 0.672. The maximum Gasteiger partial charge on any atom is 0.191 e. The maximum absolute atomic E-state index is 13.9. The molecule has 0 saturated heterocycles. The molecule has 0 aliphatic heterocycles. The summed E-state index contributed by atoms with van der Waals surface area (Å²) in [7, 11) is 1.75. The molecule has 0 heterocycles. The Morgan fingerprint density at radius 3 is 2.58 bits per heavy atom. The first-order chi connectivity index (χ1) is 9.07. The van der Waals surface area contributed by atoms with Crippen molar-refractivity contribution in [1.29, 1.82) is 0 Å². The molecular weight excluding hydrogens is 241 g/mol. The van der Waals surface area contributed by atoms with Gasteiger partial charge in [0, 0.05) is 25.0 Å². The van der Waals surface area contributed by atoms with E-state index in [4.69, 9.17) is 0 Å². The van der Waals surface area contributed by atoms with Gasteiger partial charge in [-0.3, -0.25) is 4.99 Å². The molecule has 0 spiro atoms. The largest absolute Gasteiger partial charge is 0.356 e. The normalized spacial score (nSPS) is 17.4. The van der Waals surface area contributed by atoms with Crippen LogP contribution in [-0.4, -0.2) is 25.6 Å². The third kappa shape index (κ3) is 3.25. The lowest BCUT2D eigenvalue weighted by Crippen LogP contribution is -2.44. The van der Waals surface area contributed by atoms with E-state index in [-0.39, 0.29) is 11.2 Å². The fourth-order valence-electron chi connectivity index (χ4n) is 2.30. The minimum absolute atomic E-state index is 0.0556. The number of halogens is 1.